The highest BCUT2D eigenvalue weighted by molar-refractivity contribution is 5.48. The van der Waals surface area contributed by atoms with E-state index in [1.165, 1.54) is 0 Å². The van der Waals surface area contributed by atoms with Crippen LogP contribution in [0.3, 0.4) is 0 Å². The third-order valence-corrected chi connectivity index (χ3v) is 1.50. The van der Waals surface area contributed by atoms with Crippen molar-refractivity contribution < 1.29 is 0 Å². The molecule has 3 nitrogen and oxygen atoms in total. The summed E-state index contributed by atoms with van der Waals surface area (Å²) in [5.74, 6) is 0. The Balaban J connectivity index is 2.09. The van der Waals surface area contributed by atoms with E-state index in [1.807, 2.05) is 0 Å². The average molecular weight is 151 g/mol. The maximum absolute atomic E-state index is 3.96. The van der Waals surface area contributed by atoms with Gasteiger partial charge in [-0.3, -0.25) is 0 Å². The summed E-state index contributed by atoms with van der Waals surface area (Å²) < 4.78 is 0. The lowest BCUT2D eigenvalue weighted by Crippen LogP contribution is -2.12. The third kappa shape index (κ3) is 3.12. The molecule has 0 bridgehead atoms. The van der Waals surface area contributed by atoms with Gasteiger partial charge in [0.05, 0.1) is 17.9 Å². The fourth-order valence-electron chi connectivity index (χ4n) is 0.922. The molecule has 0 spiro atoms. The maximum atomic E-state index is 3.96. The first-order valence-corrected chi connectivity index (χ1v) is 3.78. The molecule has 3 heteroatoms. The summed E-state index contributed by atoms with van der Waals surface area (Å²) in [6, 6.07) is 2.55. The Bertz CT molecular complexity index is 209. The van der Waals surface area contributed by atoms with Crippen LogP contribution < -0.4 is 0 Å². The minimum atomic E-state index is 1.01. The van der Waals surface area contributed by atoms with Gasteiger partial charge in [0.2, 0.25) is 0 Å². The van der Waals surface area contributed by atoms with E-state index < -0.39 is 0 Å². The molecule has 0 aromatic heterocycles. The standard InChI is InChI=1S/C8H13N3/c1-11(2)5-3-4-8-6-9-7-10-8/h6H,3-5H2,1-2H3. The SMILES string of the molecule is CN(C)CCCC1=CN=C=N1. The van der Waals surface area contributed by atoms with Gasteiger partial charge in [-0.1, -0.05) is 0 Å². The third-order valence-electron chi connectivity index (χ3n) is 1.50. The predicted molar refractivity (Wildman–Crippen MR) is 45.7 cm³/mol. The fraction of sp³-hybridized carbons (Fsp3) is 0.625. The van der Waals surface area contributed by atoms with Crippen LogP contribution in [-0.4, -0.2) is 31.5 Å². The predicted octanol–water partition coefficient (Wildman–Crippen LogP) is 1.36. The van der Waals surface area contributed by atoms with Crippen LogP contribution in [0.15, 0.2) is 21.9 Å². The van der Waals surface area contributed by atoms with E-state index in [1.54, 1.807) is 6.20 Å². The molecule has 1 heterocycles. The number of rotatable bonds is 4. The van der Waals surface area contributed by atoms with Gasteiger partial charge in [-0.15, -0.1) is 0 Å². The van der Waals surface area contributed by atoms with Crippen molar-refractivity contribution in [3.63, 3.8) is 0 Å². The molecule has 0 saturated heterocycles. The largest absolute Gasteiger partial charge is 0.309 e. The molecular weight excluding hydrogens is 138 g/mol. The molecule has 11 heavy (non-hydrogen) atoms. The molecule has 0 unspecified atom stereocenters. The molecule has 0 aliphatic carbocycles. The number of allylic oxidation sites excluding steroid dienone is 1. The summed E-state index contributed by atoms with van der Waals surface area (Å²) in [5.41, 5.74) is 1.05. The second-order valence-electron chi connectivity index (χ2n) is 2.87. The minimum absolute atomic E-state index is 1.01. The van der Waals surface area contributed by atoms with Gasteiger partial charge in [-0.2, -0.15) is 9.98 Å². The maximum Gasteiger partial charge on any atom is 0.0996 e. The van der Waals surface area contributed by atoms with E-state index in [-0.39, 0.29) is 0 Å². The van der Waals surface area contributed by atoms with E-state index in [9.17, 15) is 0 Å². The van der Waals surface area contributed by atoms with Crippen LogP contribution in [0.5, 0.6) is 0 Å². The molecule has 0 saturated carbocycles. The molecule has 60 valence electrons. The van der Waals surface area contributed by atoms with Crippen LogP contribution in [0, 0.1) is 0 Å². The average Bonchev–Trinajstić information content (AvgIpc) is 2.39. The first kappa shape index (κ1) is 8.18. The van der Waals surface area contributed by atoms with Crippen LogP contribution in [0.2, 0.25) is 0 Å². The van der Waals surface area contributed by atoms with Crippen molar-refractivity contribution in [2.75, 3.05) is 20.6 Å². The lowest BCUT2D eigenvalue weighted by atomic mass is 10.2. The van der Waals surface area contributed by atoms with Gasteiger partial charge in [-0.05, 0) is 33.5 Å². The van der Waals surface area contributed by atoms with Crippen molar-refractivity contribution in [2.24, 2.45) is 9.98 Å². The topological polar surface area (TPSA) is 28.0 Å². The molecule has 0 fully saturated rings. The van der Waals surface area contributed by atoms with Crippen LogP contribution >= 0.6 is 0 Å². The van der Waals surface area contributed by atoms with Crippen LogP contribution in [0.25, 0.3) is 0 Å². The molecular formula is C8H13N3. The fourth-order valence-corrected chi connectivity index (χ4v) is 0.922. The molecule has 0 radical (unpaired) electrons. The summed E-state index contributed by atoms with van der Waals surface area (Å²) in [6.45, 7) is 1.10. The summed E-state index contributed by atoms with van der Waals surface area (Å²) >= 11 is 0. The Labute approximate surface area is 67.1 Å². The van der Waals surface area contributed by atoms with E-state index in [2.05, 4.69) is 35.0 Å². The lowest BCUT2D eigenvalue weighted by Gasteiger charge is -2.07. The van der Waals surface area contributed by atoms with Gasteiger partial charge in [0.15, 0.2) is 0 Å². The van der Waals surface area contributed by atoms with Crippen molar-refractivity contribution in [3.05, 3.63) is 11.9 Å². The van der Waals surface area contributed by atoms with Gasteiger partial charge >= 0.3 is 0 Å². The lowest BCUT2D eigenvalue weighted by molar-refractivity contribution is 0.400. The van der Waals surface area contributed by atoms with Crippen LogP contribution in [0.1, 0.15) is 12.8 Å². The van der Waals surface area contributed by atoms with Gasteiger partial charge < -0.3 is 4.90 Å². The van der Waals surface area contributed by atoms with Crippen molar-refractivity contribution >= 4 is 6.01 Å². The Morgan fingerprint density at radius 2 is 2.36 bits per heavy atom. The highest BCUT2D eigenvalue weighted by atomic mass is 15.0. The van der Waals surface area contributed by atoms with E-state index >= 15 is 0 Å². The summed E-state index contributed by atoms with van der Waals surface area (Å²) in [4.78, 5) is 9.90. The van der Waals surface area contributed by atoms with Crippen molar-refractivity contribution in [2.45, 2.75) is 12.8 Å². The second-order valence-corrected chi connectivity index (χ2v) is 2.87. The monoisotopic (exact) mass is 151 g/mol. The quantitative estimate of drug-likeness (QED) is 0.596. The highest BCUT2D eigenvalue weighted by Crippen LogP contribution is 2.08. The Hall–Kier alpha value is -0.920. The molecule has 1 aliphatic heterocycles. The van der Waals surface area contributed by atoms with Crippen molar-refractivity contribution in [1.82, 2.24) is 4.90 Å². The molecule has 0 atom stereocenters. The zero-order valence-electron chi connectivity index (χ0n) is 7.04. The first-order valence-electron chi connectivity index (χ1n) is 3.78. The zero-order chi connectivity index (χ0) is 8.10. The summed E-state index contributed by atoms with van der Waals surface area (Å²) in [5, 5.41) is 0. The van der Waals surface area contributed by atoms with Crippen molar-refractivity contribution in [1.29, 1.82) is 0 Å². The molecule has 1 aliphatic rings. The molecule has 0 amide bonds. The highest BCUT2D eigenvalue weighted by Gasteiger charge is 1.97. The van der Waals surface area contributed by atoms with E-state index in [0.29, 0.717) is 0 Å². The molecule has 0 N–H and O–H groups in total. The molecule has 0 aromatic carbocycles. The van der Waals surface area contributed by atoms with Crippen LogP contribution in [-0.2, 0) is 0 Å². The van der Waals surface area contributed by atoms with E-state index in [0.717, 1.165) is 25.1 Å². The van der Waals surface area contributed by atoms with Gasteiger partial charge in [0.25, 0.3) is 0 Å². The van der Waals surface area contributed by atoms with Crippen LogP contribution in [0.4, 0.5) is 0 Å². The number of hydrogen-bond acceptors (Lipinski definition) is 3. The van der Waals surface area contributed by atoms with Gasteiger partial charge in [0, 0.05) is 0 Å². The summed E-state index contributed by atoms with van der Waals surface area (Å²) in [6.07, 6.45) is 3.92. The zero-order valence-corrected chi connectivity index (χ0v) is 7.04. The number of nitrogens with zero attached hydrogens (tertiary/aromatic N) is 3. The smallest absolute Gasteiger partial charge is 0.0996 e. The Morgan fingerprint density at radius 3 is 2.91 bits per heavy atom. The number of aliphatic imine (C=N–C) groups is 2. The number of hydrogen-bond donors (Lipinski definition) is 0. The second kappa shape index (κ2) is 4.06. The normalized spacial score (nSPS) is 14.6. The Morgan fingerprint density at radius 1 is 1.55 bits per heavy atom. The first-order chi connectivity index (χ1) is 5.29. The van der Waals surface area contributed by atoms with Crippen molar-refractivity contribution in [3.8, 4) is 0 Å². The van der Waals surface area contributed by atoms with Gasteiger partial charge in [-0.25, -0.2) is 0 Å². The molecule has 1 rings (SSSR count). The minimum Gasteiger partial charge on any atom is -0.309 e. The van der Waals surface area contributed by atoms with Gasteiger partial charge in [0.1, 0.15) is 0 Å². The molecule has 0 aromatic rings. The van der Waals surface area contributed by atoms with E-state index in [4.69, 9.17) is 0 Å². The summed E-state index contributed by atoms with van der Waals surface area (Å²) in [7, 11) is 4.14. The Kier molecular flexibility index (Phi) is 3.02.